The summed E-state index contributed by atoms with van der Waals surface area (Å²) in [5.41, 5.74) is 11.6. The molecular formula is C15H18N2O2. The molecule has 0 saturated carbocycles. The van der Waals surface area contributed by atoms with E-state index >= 15 is 0 Å². The molecule has 0 saturated heterocycles. The molecule has 1 aliphatic carbocycles. The number of benzene rings is 1. The van der Waals surface area contributed by atoms with E-state index < -0.39 is 17.2 Å². The number of ether oxygens (including phenoxy) is 1. The summed E-state index contributed by atoms with van der Waals surface area (Å²) >= 11 is 0. The molecule has 1 aliphatic rings. The zero-order valence-corrected chi connectivity index (χ0v) is 11.1. The average molecular weight is 258 g/mol. The number of allylic oxidation sites excluding steroid dienone is 2. The van der Waals surface area contributed by atoms with Crippen molar-refractivity contribution in [3.8, 4) is 0 Å². The van der Waals surface area contributed by atoms with Gasteiger partial charge in [-0.15, -0.1) is 0 Å². The lowest BCUT2D eigenvalue weighted by molar-refractivity contribution is -0.00856. The molecule has 1 amide bonds. The summed E-state index contributed by atoms with van der Waals surface area (Å²) in [7, 11) is 0. The van der Waals surface area contributed by atoms with Gasteiger partial charge in [-0.2, -0.15) is 0 Å². The highest BCUT2D eigenvalue weighted by molar-refractivity contribution is 5.77. The number of primary amides is 1. The van der Waals surface area contributed by atoms with Crippen molar-refractivity contribution >= 4 is 11.7 Å². The Morgan fingerprint density at radius 3 is 2.37 bits per heavy atom. The molecule has 4 nitrogen and oxygen atoms in total. The summed E-state index contributed by atoms with van der Waals surface area (Å²) in [6.45, 7) is 3.81. The first kappa shape index (κ1) is 13.4. The van der Waals surface area contributed by atoms with E-state index in [-0.39, 0.29) is 0 Å². The second-order valence-corrected chi connectivity index (χ2v) is 5.23. The molecule has 4 N–H and O–H groups in total. The van der Waals surface area contributed by atoms with E-state index in [1.165, 1.54) is 0 Å². The molecule has 0 radical (unpaired) electrons. The minimum Gasteiger partial charge on any atom is -0.424 e. The third kappa shape index (κ3) is 2.53. The van der Waals surface area contributed by atoms with Crippen LogP contribution in [-0.4, -0.2) is 11.8 Å². The third-order valence-corrected chi connectivity index (χ3v) is 3.41. The van der Waals surface area contributed by atoms with Gasteiger partial charge < -0.3 is 10.5 Å². The molecule has 0 heterocycles. The predicted molar refractivity (Wildman–Crippen MR) is 74.9 cm³/mol. The van der Waals surface area contributed by atoms with Crippen LogP contribution in [0.3, 0.4) is 0 Å². The van der Waals surface area contributed by atoms with Crippen LogP contribution in [0.2, 0.25) is 0 Å². The molecule has 100 valence electrons. The first-order valence-corrected chi connectivity index (χ1v) is 6.09. The van der Waals surface area contributed by atoms with Gasteiger partial charge >= 0.3 is 6.09 Å². The Bertz CT molecular complexity index is 547. The molecule has 1 unspecified atom stereocenters. The van der Waals surface area contributed by atoms with Gasteiger partial charge in [0, 0.05) is 5.41 Å². The van der Waals surface area contributed by atoms with Crippen LogP contribution in [0.25, 0.3) is 5.57 Å². The molecule has 1 aromatic rings. The van der Waals surface area contributed by atoms with Crippen LogP contribution in [0.1, 0.15) is 19.4 Å². The highest BCUT2D eigenvalue weighted by atomic mass is 16.6. The molecule has 0 bridgehead atoms. The van der Waals surface area contributed by atoms with E-state index in [2.05, 4.69) is 0 Å². The van der Waals surface area contributed by atoms with Crippen molar-refractivity contribution in [1.82, 2.24) is 0 Å². The fourth-order valence-corrected chi connectivity index (χ4v) is 2.12. The van der Waals surface area contributed by atoms with Crippen LogP contribution < -0.4 is 11.5 Å². The summed E-state index contributed by atoms with van der Waals surface area (Å²) in [5.74, 6) is 0. The molecule has 2 rings (SSSR count). The molecule has 0 spiro atoms. The van der Waals surface area contributed by atoms with Crippen molar-refractivity contribution in [2.24, 2.45) is 16.9 Å². The van der Waals surface area contributed by atoms with Crippen molar-refractivity contribution < 1.29 is 9.53 Å². The van der Waals surface area contributed by atoms with Crippen molar-refractivity contribution in [3.63, 3.8) is 0 Å². The van der Waals surface area contributed by atoms with Gasteiger partial charge in [-0.3, -0.25) is 5.73 Å². The topological polar surface area (TPSA) is 78.3 Å². The Kier molecular flexibility index (Phi) is 3.20. The molecule has 0 aromatic heterocycles. The van der Waals surface area contributed by atoms with Gasteiger partial charge in [-0.1, -0.05) is 56.3 Å². The molecule has 1 aromatic carbocycles. The smallest absolute Gasteiger partial charge is 0.406 e. The first-order valence-electron chi connectivity index (χ1n) is 6.09. The summed E-state index contributed by atoms with van der Waals surface area (Å²) in [5, 5.41) is 0. The lowest BCUT2D eigenvalue weighted by Gasteiger charge is -2.41. The van der Waals surface area contributed by atoms with E-state index in [1.54, 1.807) is 6.08 Å². The Morgan fingerprint density at radius 1 is 1.21 bits per heavy atom. The Labute approximate surface area is 112 Å². The van der Waals surface area contributed by atoms with Gasteiger partial charge in [0.25, 0.3) is 0 Å². The zero-order chi connectivity index (χ0) is 14.1. The van der Waals surface area contributed by atoms with Crippen LogP contribution in [-0.2, 0) is 4.74 Å². The molecule has 0 aliphatic heterocycles. The monoisotopic (exact) mass is 258 g/mol. The highest BCUT2D eigenvalue weighted by Crippen LogP contribution is 2.39. The number of hydrogen-bond acceptors (Lipinski definition) is 3. The van der Waals surface area contributed by atoms with Gasteiger partial charge in [-0.05, 0) is 17.2 Å². The van der Waals surface area contributed by atoms with Crippen LogP contribution in [0.4, 0.5) is 4.79 Å². The van der Waals surface area contributed by atoms with Gasteiger partial charge in [0.05, 0.1) is 0 Å². The first-order chi connectivity index (χ1) is 8.84. The Hall–Kier alpha value is -2.07. The predicted octanol–water partition coefficient (Wildman–Crippen LogP) is 2.42. The van der Waals surface area contributed by atoms with Gasteiger partial charge in [0.1, 0.15) is 0 Å². The van der Waals surface area contributed by atoms with E-state index in [1.807, 2.05) is 56.3 Å². The standard InChI is InChI=1S/C15H18N2O2/c1-14(2)10-12(11-6-4-3-5-7-11)8-9-15(14,17)19-13(16)18/h3-10H,17H2,1-2H3,(H2,16,18). The van der Waals surface area contributed by atoms with Gasteiger partial charge in [0.2, 0.25) is 0 Å². The maximum Gasteiger partial charge on any atom is 0.406 e. The quantitative estimate of drug-likeness (QED) is 0.799. The minimum atomic E-state index is -1.23. The minimum absolute atomic E-state index is 0.554. The average Bonchev–Trinajstić information content (AvgIpc) is 2.33. The number of rotatable bonds is 2. The number of nitrogens with two attached hydrogens (primary N) is 2. The van der Waals surface area contributed by atoms with E-state index in [0.717, 1.165) is 11.1 Å². The maximum absolute atomic E-state index is 11.0. The number of hydrogen-bond donors (Lipinski definition) is 2. The third-order valence-electron chi connectivity index (χ3n) is 3.41. The van der Waals surface area contributed by atoms with Crippen LogP contribution >= 0.6 is 0 Å². The molecule has 0 fully saturated rings. The summed E-state index contributed by atoms with van der Waals surface area (Å²) in [6.07, 6.45) is 4.64. The Balaban J connectivity index is 2.36. The molecule has 19 heavy (non-hydrogen) atoms. The molecular weight excluding hydrogens is 240 g/mol. The largest absolute Gasteiger partial charge is 0.424 e. The highest BCUT2D eigenvalue weighted by Gasteiger charge is 2.43. The van der Waals surface area contributed by atoms with Gasteiger partial charge in [-0.25, -0.2) is 4.79 Å². The second kappa shape index (κ2) is 4.55. The molecule has 1 atom stereocenters. The fraction of sp³-hybridized carbons (Fsp3) is 0.267. The van der Waals surface area contributed by atoms with E-state index in [4.69, 9.17) is 16.2 Å². The van der Waals surface area contributed by atoms with E-state index in [0.29, 0.717) is 0 Å². The molecule has 4 heteroatoms. The lowest BCUT2D eigenvalue weighted by atomic mass is 9.75. The maximum atomic E-state index is 11.0. The summed E-state index contributed by atoms with van der Waals surface area (Å²) in [4.78, 5) is 11.0. The zero-order valence-electron chi connectivity index (χ0n) is 11.1. The number of carbonyl (C=O) groups excluding carboxylic acids is 1. The van der Waals surface area contributed by atoms with Crippen molar-refractivity contribution in [2.75, 3.05) is 0 Å². The fourth-order valence-electron chi connectivity index (χ4n) is 2.12. The van der Waals surface area contributed by atoms with Crippen molar-refractivity contribution in [2.45, 2.75) is 19.6 Å². The number of carbonyl (C=O) groups is 1. The number of amides is 1. The van der Waals surface area contributed by atoms with Crippen LogP contribution in [0.5, 0.6) is 0 Å². The van der Waals surface area contributed by atoms with Crippen molar-refractivity contribution in [1.29, 1.82) is 0 Å². The van der Waals surface area contributed by atoms with Crippen molar-refractivity contribution in [3.05, 3.63) is 54.1 Å². The summed E-state index contributed by atoms with van der Waals surface area (Å²) < 4.78 is 5.06. The Morgan fingerprint density at radius 2 is 1.84 bits per heavy atom. The van der Waals surface area contributed by atoms with E-state index in [9.17, 15) is 4.79 Å². The second-order valence-electron chi connectivity index (χ2n) is 5.23. The van der Waals surface area contributed by atoms with Gasteiger partial charge in [0.15, 0.2) is 5.72 Å². The van der Waals surface area contributed by atoms with Crippen LogP contribution in [0, 0.1) is 5.41 Å². The summed E-state index contributed by atoms with van der Waals surface area (Å²) in [6, 6.07) is 9.95. The van der Waals surface area contributed by atoms with Crippen LogP contribution in [0.15, 0.2) is 48.6 Å². The normalized spacial score (nSPS) is 24.7. The SMILES string of the molecule is CC1(C)C=C(c2ccccc2)C=CC1(N)OC(N)=O. The lowest BCUT2D eigenvalue weighted by Crippen LogP contribution is -2.55.